The van der Waals surface area contributed by atoms with Crippen molar-refractivity contribution in [3.63, 3.8) is 0 Å². The van der Waals surface area contributed by atoms with E-state index >= 15 is 0 Å². The molecule has 0 fully saturated rings. The van der Waals surface area contributed by atoms with Crippen LogP contribution in [-0.2, 0) is 4.79 Å². The number of aromatic nitrogens is 2. The van der Waals surface area contributed by atoms with Crippen LogP contribution in [0.2, 0.25) is 0 Å². The molecule has 0 radical (unpaired) electrons. The third-order valence-corrected chi connectivity index (χ3v) is 4.15. The van der Waals surface area contributed by atoms with Crippen molar-refractivity contribution in [2.24, 2.45) is 5.10 Å². The first-order valence-corrected chi connectivity index (χ1v) is 7.90. The normalized spacial score (nSPS) is 17.3. The van der Waals surface area contributed by atoms with Gasteiger partial charge in [0, 0.05) is 25.2 Å². The molecule has 24 heavy (non-hydrogen) atoms. The minimum atomic E-state index is -0.149. The molecular weight excluding hydrogens is 304 g/mol. The van der Waals surface area contributed by atoms with Gasteiger partial charge in [0.1, 0.15) is 11.5 Å². The van der Waals surface area contributed by atoms with Crippen molar-refractivity contribution >= 4 is 22.7 Å². The Bertz CT molecular complexity index is 918. The molecule has 0 spiro atoms. The van der Waals surface area contributed by atoms with E-state index < -0.39 is 0 Å². The Morgan fingerprint density at radius 3 is 2.83 bits per heavy atom. The van der Waals surface area contributed by atoms with Gasteiger partial charge >= 0.3 is 0 Å². The Hall–Kier alpha value is -3.02. The van der Waals surface area contributed by atoms with Crippen LogP contribution in [0.15, 0.2) is 58.5 Å². The van der Waals surface area contributed by atoms with Crippen molar-refractivity contribution in [1.29, 1.82) is 0 Å². The Balaban J connectivity index is 1.73. The van der Waals surface area contributed by atoms with E-state index in [0.717, 1.165) is 22.3 Å². The quantitative estimate of drug-likeness (QED) is 0.742. The third kappa shape index (κ3) is 2.46. The average molecular weight is 320 g/mol. The van der Waals surface area contributed by atoms with Gasteiger partial charge in [-0.2, -0.15) is 5.10 Å². The van der Waals surface area contributed by atoms with Crippen LogP contribution in [0.4, 0.5) is 0 Å². The molecule has 3 aromatic rings. The molecule has 1 aromatic carbocycles. The number of fused-ring (bicyclic) bond motifs is 1. The molecule has 1 amide bonds. The van der Waals surface area contributed by atoms with Gasteiger partial charge in [0.15, 0.2) is 0 Å². The van der Waals surface area contributed by atoms with Gasteiger partial charge in [0.05, 0.1) is 23.3 Å². The summed E-state index contributed by atoms with van der Waals surface area (Å²) in [5.74, 6) is 0.688. The van der Waals surface area contributed by atoms with Crippen molar-refractivity contribution in [2.45, 2.75) is 25.8 Å². The number of nitrogens with zero attached hydrogens (tertiary/aromatic N) is 4. The molecule has 0 saturated heterocycles. The fourth-order valence-corrected chi connectivity index (χ4v) is 2.94. The fraction of sp³-hybridized carbons (Fsp3) is 0.222. The molecule has 0 N–H and O–H groups in total. The molecule has 2 aromatic heterocycles. The summed E-state index contributed by atoms with van der Waals surface area (Å²) in [5, 5.41) is 6.07. The number of hydrogen-bond acceptors (Lipinski definition) is 5. The molecule has 1 aliphatic rings. The number of benzene rings is 1. The second-order valence-corrected chi connectivity index (χ2v) is 5.64. The highest BCUT2D eigenvalue weighted by Crippen LogP contribution is 2.34. The van der Waals surface area contributed by atoms with Gasteiger partial charge in [0.2, 0.25) is 5.91 Å². The molecular formula is C18H16N4O2. The largest absolute Gasteiger partial charge is 0.463 e. The summed E-state index contributed by atoms with van der Waals surface area (Å²) < 4.78 is 5.44. The first-order chi connectivity index (χ1) is 11.8. The predicted molar refractivity (Wildman–Crippen MR) is 89.3 cm³/mol. The van der Waals surface area contributed by atoms with Gasteiger partial charge in [-0.15, -0.1) is 0 Å². The monoisotopic (exact) mass is 320 g/mol. The zero-order valence-corrected chi connectivity index (χ0v) is 13.2. The van der Waals surface area contributed by atoms with Crippen LogP contribution in [0.3, 0.4) is 0 Å². The summed E-state index contributed by atoms with van der Waals surface area (Å²) in [4.78, 5) is 21.0. The van der Waals surface area contributed by atoms with Gasteiger partial charge in [-0.3, -0.25) is 14.8 Å². The van der Waals surface area contributed by atoms with Crippen molar-refractivity contribution in [2.75, 3.05) is 0 Å². The van der Waals surface area contributed by atoms with Crippen LogP contribution in [0.1, 0.15) is 37.1 Å². The summed E-state index contributed by atoms with van der Waals surface area (Å²) in [6, 6.07) is 9.42. The number of hydrazone groups is 1. The molecule has 1 unspecified atom stereocenters. The molecule has 0 saturated carbocycles. The number of rotatable bonds is 3. The van der Waals surface area contributed by atoms with E-state index in [1.165, 1.54) is 0 Å². The highest BCUT2D eigenvalue weighted by atomic mass is 16.3. The molecule has 0 aliphatic carbocycles. The van der Waals surface area contributed by atoms with Crippen LogP contribution in [-0.4, -0.2) is 26.6 Å². The van der Waals surface area contributed by atoms with Crippen LogP contribution < -0.4 is 0 Å². The minimum Gasteiger partial charge on any atom is -0.463 e. The molecule has 4 rings (SSSR count). The molecule has 120 valence electrons. The topological polar surface area (TPSA) is 71.6 Å². The first kappa shape index (κ1) is 14.6. The maximum atomic E-state index is 12.3. The Labute approximate surface area is 138 Å². The summed E-state index contributed by atoms with van der Waals surface area (Å²) in [6.07, 6.45) is 5.97. The van der Waals surface area contributed by atoms with Gasteiger partial charge in [-0.1, -0.05) is 13.0 Å². The molecule has 6 nitrogen and oxygen atoms in total. The number of furan rings is 1. The summed E-state index contributed by atoms with van der Waals surface area (Å²) in [6.45, 7) is 1.84. The van der Waals surface area contributed by atoms with E-state index in [-0.39, 0.29) is 11.9 Å². The first-order valence-electron chi connectivity index (χ1n) is 7.90. The second-order valence-electron chi connectivity index (χ2n) is 5.64. The lowest BCUT2D eigenvalue weighted by atomic mass is 10.00. The average Bonchev–Trinajstić information content (AvgIpc) is 3.30. The SMILES string of the molecule is CCC(=O)N1N=C(c2ccco2)CC1c1ccc2nccnc2c1. The van der Waals surface area contributed by atoms with Crippen molar-refractivity contribution in [1.82, 2.24) is 15.0 Å². The van der Waals surface area contributed by atoms with E-state index in [1.54, 1.807) is 23.7 Å². The zero-order chi connectivity index (χ0) is 16.5. The third-order valence-electron chi connectivity index (χ3n) is 4.15. The number of carbonyl (C=O) groups excluding carboxylic acids is 1. The molecule has 0 bridgehead atoms. The molecule has 1 atom stereocenters. The van der Waals surface area contributed by atoms with Crippen molar-refractivity contribution < 1.29 is 9.21 Å². The van der Waals surface area contributed by atoms with Crippen molar-refractivity contribution in [3.05, 3.63) is 60.3 Å². The van der Waals surface area contributed by atoms with Gasteiger partial charge in [-0.05, 0) is 29.8 Å². The molecule has 1 aliphatic heterocycles. The standard InChI is InChI=1S/C18H16N4O2/c1-2-18(23)22-16(11-15(21-22)17-4-3-9-24-17)12-5-6-13-14(10-12)20-8-7-19-13/h3-10,16H,2,11H2,1H3. The van der Waals surface area contributed by atoms with E-state index in [9.17, 15) is 4.79 Å². The highest BCUT2D eigenvalue weighted by molar-refractivity contribution is 6.01. The summed E-state index contributed by atoms with van der Waals surface area (Å²) >= 11 is 0. The van der Waals surface area contributed by atoms with Crippen molar-refractivity contribution in [3.8, 4) is 0 Å². The molecule has 6 heteroatoms. The lowest BCUT2D eigenvalue weighted by molar-refractivity contribution is -0.132. The number of carbonyl (C=O) groups is 1. The van der Waals surface area contributed by atoms with E-state index in [2.05, 4.69) is 15.1 Å². The zero-order valence-electron chi connectivity index (χ0n) is 13.2. The second kappa shape index (κ2) is 5.88. The maximum Gasteiger partial charge on any atom is 0.242 e. The lowest BCUT2D eigenvalue weighted by Crippen LogP contribution is -2.26. The maximum absolute atomic E-state index is 12.3. The summed E-state index contributed by atoms with van der Waals surface area (Å²) in [7, 11) is 0. The smallest absolute Gasteiger partial charge is 0.242 e. The van der Waals surface area contributed by atoms with E-state index in [0.29, 0.717) is 18.6 Å². The predicted octanol–water partition coefficient (Wildman–Crippen LogP) is 3.31. The number of hydrogen-bond donors (Lipinski definition) is 0. The van der Waals surface area contributed by atoms with E-state index in [4.69, 9.17) is 4.42 Å². The Kier molecular flexibility index (Phi) is 3.57. The fourth-order valence-electron chi connectivity index (χ4n) is 2.94. The lowest BCUT2D eigenvalue weighted by Gasteiger charge is -2.21. The van der Waals surface area contributed by atoms with E-state index in [1.807, 2.05) is 37.3 Å². The van der Waals surface area contributed by atoms with Crippen LogP contribution >= 0.6 is 0 Å². The van der Waals surface area contributed by atoms with Gasteiger partial charge in [-0.25, -0.2) is 5.01 Å². The Morgan fingerprint density at radius 1 is 1.25 bits per heavy atom. The van der Waals surface area contributed by atoms with Crippen LogP contribution in [0.5, 0.6) is 0 Å². The Morgan fingerprint density at radius 2 is 2.08 bits per heavy atom. The van der Waals surface area contributed by atoms with Gasteiger partial charge < -0.3 is 4.42 Å². The minimum absolute atomic E-state index is 0.0131. The molecule has 3 heterocycles. The van der Waals surface area contributed by atoms with Gasteiger partial charge in [0.25, 0.3) is 0 Å². The highest BCUT2D eigenvalue weighted by Gasteiger charge is 2.33. The van der Waals surface area contributed by atoms with Crippen LogP contribution in [0.25, 0.3) is 11.0 Å². The van der Waals surface area contributed by atoms with Crippen LogP contribution in [0, 0.1) is 0 Å². The number of amides is 1. The summed E-state index contributed by atoms with van der Waals surface area (Å²) in [5.41, 5.74) is 3.42.